The first-order valence-electron chi connectivity index (χ1n) is 19.1. The van der Waals surface area contributed by atoms with Crippen molar-refractivity contribution in [2.75, 3.05) is 12.3 Å². The van der Waals surface area contributed by atoms with E-state index in [1.165, 1.54) is 22.8 Å². The topological polar surface area (TPSA) is 233 Å². The predicted molar refractivity (Wildman–Crippen MR) is 193 cm³/mol. The van der Waals surface area contributed by atoms with Crippen molar-refractivity contribution in [1.82, 2.24) is 19.5 Å². The Morgan fingerprint density at radius 1 is 1.06 bits per heavy atom. The number of phosphoric ester groups is 1. The molecule has 6 unspecified atom stereocenters. The monoisotopic (exact) mass is 761 g/mol. The van der Waals surface area contributed by atoms with Crippen LogP contribution in [0, 0.1) is 40.4 Å². The highest BCUT2D eigenvalue weighted by Crippen LogP contribution is 2.67. The number of carbonyl (C=O) groups excluding carboxylic acids is 1. The van der Waals surface area contributed by atoms with E-state index in [-0.39, 0.29) is 51.7 Å². The van der Waals surface area contributed by atoms with Crippen LogP contribution in [0.15, 0.2) is 24.3 Å². The van der Waals surface area contributed by atoms with Crippen LogP contribution in [0.4, 0.5) is 5.82 Å². The Labute approximate surface area is 310 Å². The van der Waals surface area contributed by atoms with Crippen molar-refractivity contribution in [2.24, 2.45) is 40.4 Å². The van der Waals surface area contributed by atoms with E-state index in [2.05, 4.69) is 28.8 Å². The molecule has 53 heavy (non-hydrogen) atoms. The van der Waals surface area contributed by atoms with Crippen molar-refractivity contribution in [3.63, 3.8) is 0 Å². The SMILES string of the molecule is C[C@@H]([C@H]1CCC2C3=CC(=O)C4C[C@@H](O)CC[C@]4(C)C3CC[C@@]21C)[C@@H](CCC(C)(C)O)OP(=O)(O)OCC1OC(n2cnc3c(N)ncnc32)[C@H](O)[C@@H]1O. The van der Waals surface area contributed by atoms with Gasteiger partial charge in [0, 0.05) is 5.92 Å². The van der Waals surface area contributed by atoms with Gasteiger partial charge in [0.1, 0.15) is 30.2 Å². The molecule has 3 saturated carbocycles. The highest BCUT2D eigenvalue weighted by atomic mass is 31.2. The highest BCUT2D eigenvalue weighted by molar-refractivity contribution is 7.47. The summed E-state index contributed by atoms with van der Waals surface area (Å²) in [4.78, 5) is 36.9. The Balaban J connectivity index is 1.06. The van der Waals surface area contributed by atoms with Gasteiger partial charge in [-0.3, -0.25) is 18.4 Å². The minimum Gasteiger partial charge on any atom is -0.393 e. The van der Waals surface area contributed by atoms with Crippen molar-refractivity contribution in [1.29, 1.82) is 0 Å². The molecule has 294 valence electrons. The number of aromatic nitrogens is 4. The summed E-state index contributed by atoms with van der Waals surface area (Å²) < 4.78 is 32.4. The van der Waals surface area contributed by atoms with Crippen molar-refractivity contribution in [3.05, 3.63) is 24.3 Å². The van der Waals surface area contributed by atoms with Crippen LogP contribution in [0.5, 0.6) is 0 Å². The Bertz CT molecular complexity index is 1780. The Hall–Kier alpha value is -2.33. The maximum atomic E-state index is 13.7. The van der Waals surface area contributed by atoms with E-state index in [1.807, 2.05) is 13.0 Å². The van der Waals surface area contributed by atoms with Gasteiger partial charge in [-0.25, -0.2) is 19.5 Å². The van der Waals surface area contributed by atoms with E-state index in [1.54, 1.807) is 13.8 Å². The summed E-state index contributed by atoms with van der Waals surface area (Å²) in [7, 11) is -4.76. The molecule has 2 aromatic rings. The molecule has 0 amide bonds. The number of carbonyl (C=O) groups is 1. The number of anilines is 1. The first-order valence-corrected chi connectivity index (χ1v) is 20.6. The molecule has 7 rings (SSSR count). The highest BCUT2D eigenvalue weighted by Gasteiger charge is 2.60. The summed E-state index contributed by atoms with van der Waals surface area (Å²) in [5.41, 5.74) is 6.34. The molecule has 4 aliphatic carbocycles. The lowest BCUT2D eigenvalue weighted by Gasteiger charge is -2.57. The second-order valence-corrected chi connectivity index (χ2v) is 19.0. The van der Waals surface area contributed by atoms with Crippen molar-refractivity contribution < 1.29 is 48.5 Å². The molecule has 15 nitrogen and oxygen atoms in total. The van der Waals surface area contributed by atoms with Crippen molar-refractivity contribution in [2.45, 2.75) is 135 Å². The van der Waals surface area contributed by atoms with E-state index in [4.69, 9.17) is 19.5 Å². The molecule has 0 bridgehead atoms. The van der Waals surface area contributed by atoms with E-state index in [9.17, 15) is 34.7 Å². The van der Waals surface area contributed by atoms with Gasteiger partial charge in [0.05, 0.1) is 30.7 Å². The summed E-state index contributed by atoms with van der Waals surface area (Å²) in [6.45, 7) is 9.40. The smallest absolute Gasteiger partial charge is 0.393 e. The second kappa shape index (κ2) is 14.0. The molecule has 0 aromatic carbocycles. The minimum atomic E-state index is -4.76. The van der Waals surface area contributed by atoms with Gasteiger partial charge in [0.25, 0.3) is 0 Å². The zero-order chi connectivity index (χ0) is 38.2. The van der Waals surface area contributed by atoms with Crippen LogP contribution in [0.1, 0.15) is 98.6 Å². The number of phosphoric acid groups is 1. The molecular weight excluding hydrogens is 705 g/mol. The number of ketones is 1. The average molecular weight is 762 g/mol. The molecule has 0 spiro atoms. The van der Waals surface area contributed by atoms with Gasteiger partial charge in [-0.05, 0) is 112 Å². The molecule has 4 fully saturated rings. The number of nitrogens with zero attached hydrogens (tertiary/aromatic N) is 4. The molecular formula is C37H56N5O10P. The van der Waals surface area contributed by atoms with Gasteiger partial charge in [0.2, 0.25) is 0 Å². The third-order valence-corrected chi connectivity index (χ3v) is 14.9. The average Bonchev–Trinajstić information content (AvgIpc) is 3.76. The first kappa shape index (κ1) is 38.9. The van der Waals surface area contributed by atoms with E-state index < -0.39 is 56.8 Å². The number of nitrogen functional groups attached to an aromatic ring is 1. The number of hydrogen-bond acceptors (Lipinski definition) is 13. The zero-order valence-corrected chi connectivity index (χ0v) is 32.1. The van der Waals surface area contributed by atoms with Crippen LogP contribution >= 0.6 is 7.82 Å². The van der Waals surface area contributed by atoms with Gasteiger partial charge >= 0.3 is 7.82 Å². The van der Waals surface area contributed by atoms with Crippen LogP contribution in [0.25, 0.3) is 11.2 Å². The summed E-state index contributed by atoms with van der Waals surface area (Å²) in [5.74, 6) is 0.517. The van der Waals surface area contributed by atoms with Gasteiger partial charge in [0.15, 0.2) is 23.5 Å². The molecule has 5 aliphatic rings. The van der Waals surface area contributed by atoms with Crippen molar-refractivity contribution >= 4 is 30.6 Å². The zero-order valence-electron chi connectivity index (χ0n) is 31.2. The third kappa shape index (κ3) is 7.03. The van der Waals surface area contributed by atoms with Gasteiger partial charge in [-0.2, -0.15) is 0 Å². The lowest BCUT2D eigenvalue weighted by Crippen LogP contribution is -2.52. The van der Waals surface area contributed by atoms with Crippen LogP contribution in [0.2, 0.25) is 0 Å². The lowest BCUT2D eigenvalue weighted by atomic mass is 9.47. The molecule has 1 saturated heterocycles. The van der Waals surface area contributed by atoms with E-state index in [0.717, 1.165) is 38.5 Å². The lowest BCUT2D eigenvalue weighted by molar-refractivity contribution is -0.132. The van der Waals surface area contributed by atoms with Crippen LogP contribution < -0.4 is 5.73 Å². The third-order valence-electron chi connectivity index (χ3n) is 13.9. The fourth-order valence-electron chi connectivity index (χ4n) is 10.9. The Morgan fingerprint density at radius 2 is 1.77 bits per heavy atom. The molecule has 14 atom stereocenters. The van der Waals surface area contributed by atoms with Crippen molar-refractivity contribution in [3.8, 4) is 0 Å². The molecule has 1 aliphatic heterocycles. The quantitative estimate of drug-likeness (QED) is 0.179. The van der Waals surface area contributed by atoms with Crippen LogP contribution in [-0.4, -0.2) is 93.3 Å². The van der Waals surface area contributed by atoms with Gasteiger partial charge in [-0.1, -0.05) is 26.3 Å². The van der Waals surface area contributed by atoms with Gasteiger partial charge in [-0.15, -0.1) is 0 Å². The maximum absolute atomic E-state index is 13.7. The first-order chi connectivity index (χ1) is 24.8. The number of imidazole rings is 1. The minimum absolute atomic E-state index is 0.105. The number of allylic oxidation sites excluding steroid dienone is 2. The normalized spacial score (nSPS) is 39.5. The fraction of sp³-hybridized carbons (Fsp3) is 0.784. The summed E-state index contributed by atoms with van der Waals surface area (Å²) in [6, 6.07) is 0. The van der Waals surface area contributed by atoms with Gasteiger partial charge < -0.3 is 35.8 Å². The standard InChI is InChI=1S/C37H56N5O10P/c1-19(22-6-7-23-21-15-26(44)25-14-20(43)8-12-37(25,5)24(21)9-13-36(22,23)4)27(10-11-35(2,3)47)52-53(48,49)50-16-28-30(45)31(46)34(51-28)42-18-41-29-32(38)39-17-40-33(29)42/h15,17-20,22-25,27-28,30-31,34,43,45-47H,6-14,16H2,1-5H3,(H,48,49)(H2,38,39,40)/t19-,20-,22+,23?,24?,25?,27+,28?,30+,31+,34?,36+,37+/m0/s1. The Morgan fingerprint density at radius 3 is 2.51 bits per heavy atom. The van der Waals surface area contributed by atoms with E-state index in [0.29, 0.717) is 30.7 Å². The largest absolute Gasteiger partial charge is 0.472 e. The molecule has 0 radical (unpaired) electrons. The summed E-state index contributed by atoms with van der Waals surface area (Å²) in [6.07, 6.45) is 4.45. The molecule has 7 N–H and O–H groups in total. The predicted octanol–water partition coefficient (Wildman–Crippen LogP) is 3.84. The Kier molecular flexibility index (Phi) is 10.3. The maximum Gasteiger partial charge on any atom is 0.472 e. The number of nitrogens with two attached hydrogens (primary N) is 1. The molecule has 16 heteroatoms. The van der Waals surface area contributed by atoms with Crippen LogP contribution in [0.3, 0.4) is 0 Å². The fourth-order valence-corrected chi connectivity index (χ4v) is 12.0. The summed E-state index contributed by atoms with van der Waals surface area (Å²) in [5, 5.41) is 42.8. The number of ether oxygens (including phenoxy) is 1. The number of rotatable bonds is 11. The number of fused-ring (bicyclic) bond motifs is 6. The van der Waals surface area contributed by atoms with E-state index >= 15 is 0 Å². The number of hydrogen-bond donors (Lipinski definition) is 6. The molecule has 3 heterocycles. The molecule has 2 aromatic heterocycles. The second-order valence-electron chi connectivity index (χ2n) is 17.6. The number of aliphatic hydroxyl groups is 4. The summed E-state index contributed by atoms with van der Waals surface area (Å²) >= 11 is 0. The van der Waals surface area contributed by atoms with Crippen LogP contribution in [-0.2, 0) is 23.1 Å². The number of aliphatic hydroxyl groups excluding tert-OH is 3.